The average molecular weight is 155 g/mol. The molecule has 0 heterocycles. The fourth-order valence-corrected chi connectivity index (χ4v) is 0.619. The predicted octanol–water partition coefficient (Wildman–Crippen LogP) is 0.875. The zero-order valence-corrected chi connectivity index (χ0v) is 6.82. The summed E-state index contributed by atoms with van der Waals surface area (Å²) in [7, 11) is 0. The minimum Gasteiger partial charge on any atom is -0.387 e. The van der Waals surface area contributed by atoms with E-state index in [9.17, 15) is 4.79 Å². The topological polar surface area (TPSA) is 40.5 Å². The molecule has 11 heavy (non-hydrogen) atoms. The molecule has 0 aromatic carbocycles. The number of carbonyl (C=O) groups excluding carboxylic acids is 1. The van der Waals surface area contributed by atoms with E-state index < -0.39 is 6.61 Å². The first kappa shape index (κ1) is 9.91. The standard InChI is InChI=1S/C8H13NO2/c1-3-5-9(6-4-2)8(11)7-10/h3-6,10H,7H2,1-2H3. The number of hydrogen-bond acceptors (Lipinski definition) is 2. The molecule has 0 aliphatic rings. The van der Waals surface area contributed by atoms with Gasteiger partial charge < -0.3 is 5.11 Å². The van der Waals surface area contributed by atoms with Crippen molar-refractivity contribution >= 4 is 5.91 Å². The molecule has 0 aromatic rings. The van der Waals surface area contributed by atoms with Crippen molar-refractivity contribution in [2.45, 2.75) is 13.8 Å². The molecule has 0 rings (SSSR count). The van der Waals surface area contributed by atoms with Crippen molar-refractivity contribution in [2.24, 2.45) is 0 Å². The number of allylic oxidation sites excluding steroid dienone is 2. The summed E-state index contributed by atoms with van der Waals surface area (Å²) in [4.78, 5) is 12.2. The fourth-order valence-electron chi connectivity index (χ4n) is 0.619. The lowest BCUT2D eigenvalue weighted by Crippen LogP contribution is -2.22. The summed E-state index contributed by atoms with van der Waals surface area (Å²) in [5, 5.41) is 8.50. The highest BCUT2D eigenvalue weighted by atomic mass is 16.3. The van der Waals surface area contributed by atoms with Crippen molar-refractivity contribution in [1.29, 1.82) is 0 Å². The van der Waals surface area contributed by atoms with Crippen LogP contribution < -0.4 is 0 Å². The molecular weight excluding hydrogens is 142 g/mol. The Kier molecular flexibility index (Phi) is 5.11. The Morgan fingerprint density at radius 2 is 1.82 bits per heavy atom. The Morgan fingerprint density at radius 1 is 1.36 bits per heavy atom. The SMILES string of the molecule is CC=CN(C=CC)C(=O)CO. The number of carbonyl (C=O) groups is 1. The number of aliphatic hydroxyl groups is 1. The molecule has 0 bridgehead atoms. The van der Waals surface area contributed by atoms with Gasteiger partial charge in [0.05, 0.1) is 0 Å². The van der Waals surface area contributed by atoms with Crippen molar-refractivity contribution in [2.75, 3.05) is 6.61 Å². The molecule has 0 fully saturated rings. The molecular formula is C8H13NO2. The Labute approximate surface area is 66.6 Å². The number of nitrogens with zero attached hydrogens (tertiary/aromatic N) is 1. The molecule has 0 aliphatic heterocycles. The highest BCUT2D eigenvalue weighted by Crippen LogP contribution is 1.92. The van der Waals surface area contributed by atoms with Crippen molar-refractivity contribution < 1.29 is 9.90 Å². The molecule has 0 radical (unpaired) electrons. The van der Waals surface area contributed by atoms with Crippen LogP contribution in [0.4, 0.5) is 0 Å². The second kappa shape index (κ2) is 5.68. The first-order valence-corrected chi connectivity index (χ1v) is 3.44. The highest BCUT2D eigenvalue weighted by Gasteiger charge is 2.03. The lowest BCUT2D eigenvalue weighted by Gasteiger charge is -2.10. The Bertz CT molecular complexity index is 161. The van der Waals surface area contributed by atoms with Crippen LogP contribution in [0.1, 0.15) is 13.8 Å². The Hall–Kier alpha value is -1.09. The minimum atomic E-state index is -0.464. The van der Waals surface area contributed by atoms with Gasteiger partial charge in [0.25, 0.3) is 5.91 Å². The van der Waals surface area contributed by atoms with Crippen LogP contribution in [0.5, 0.6) is 0 Å². The molecule has 0 unspecified atom stereocenters. The van der Waals surface area contributed by atoms with Gasteiger partial charge in [0.1, 0.15) is 6.61 Å². The summed E-state index contributed by atoms with van der Waals surface area (Å²) in [5.74, 6) is -0.332. The van der Waals surface area contributed by atoms with Crippen LogP contribution in [0.3, 0.4) is 0 Å². The monoisotopic (exact) mass is 155 g/mol. The van der Waals surface area contributed by atoms with Gasteiger partial charge in [-0.2, -0.15) is 0 Å². The third-order valence-electron chi connectivity index (χ3n) is 1.04. The molecule has 62 valence electrons. The fraction of sp³-hybridized carbons (Fsp3) is 0.375. The van der Waals surface area contributed by atoms with E-state index in [0.717, 1.165) is 0 Å². The molecule has 3 nitrogen and oxygen atoms in total. The van der Waals surface area contributed by atoms with Gasteiger partial charge in [-0.05, 0) is 13.8 Å². The quantitative estimate of drug-likeness (QED) is 0.657. The van der Waals surface area contributed by atoms with Gasteiger partial charge in [-0.1, -0.05) is 12.2 Å². The van der Waals surface area contributed by atoms with E-state index in [1.807, 2.05) is 0 Å². The van der Waals surface area contributed by atoms with Crippen LogP contribution in [0.15, 0.2) is 24.6 Å². The van der Waals surface area contributed by atoms with E-state index in [1.54, 1.807) is 38.4 Å². The first-order chi connectivity index (χ1) is 5.26. The molecule has 1 amide bonds. The summed E-state index contributed by atoms with van der Waals surface area (Å²) in [5.41, 5.74) is 0. The second-order valence-corrected chi connectivity index (χ2v) is 1.92. The molecule has 0 saturated carbocycles. The van der Waals surface area contributed by atoms with Crippen LogP contribution >= 0.6 is 0 Å². The number of hydrogen-bond donors (Lipinski definition) is 1. The third kappa shape index (κ3) is 3.57. The van der Waals surface area contributed by atoms with Crippen LogP contribution in [-0.2, 0) is 4.79 Å². The number of aliphatic hydroxyl groups excluding tert-OH is 1. The van der Waals surface area contributed by atoms with Crippen LogP contribution in [0.2, 0.25) is 0 Å². The Morgan fingerprint density at radius 3 is 2.09 bits per heavy atom. The van der Waals surface area contributed by atoms with E-state index in [-0.39, 0.29) is 5.91 Å². The summed E-state index contributed by atoms with van der Waals surface area (Å²) in [6.45, 7) is 3.15. The highest BCUT2D eigenvalue weighted by molar-refractivity contribution is 5.79. The van der Waals surface area contributed by atoms with Crippen LogP contribution in [0.25, 0.3) is 0 Å². The van der Waals surface area contributed by atoms with E-state index in [2.05, 4.69) is 0 Å². The van der Waals surface area contributed by atoms with Crippen molar-refractivity contribution in [3.63, 3.8) is 0 Å². The van der Waals surface area contributed by atoms with Crippen LogP contribution in [0, 0.1) is 0 Å². The molecule has 1 N–H and O–H groups in total. The third-order valence-corrected chi connectivity index (χ3v) is 1.04. The lowest BCUT2D eigenvalue weighted by atomic mass is 10.5. The molecule has 0 aliphatic carbocycles. The maximum atomic E-state index is 10.9. The molecule has 3 heteroatoms. The maximum absolute atomic E-state index is 10.9. The lowest BCUT2D eigenvalue weighted by molar-refractivity contribution is -0.129. The van der Waals surface area contributed by atoms with Crippen molar-refractivity contribution in [3.8, 4) is 0 Å². The van der Waals surface area contributed by atoms with Gasteiger partial charge in [-0.3, -0.25) is 9.69 Å². The molecule has 0 aromatic heterocycles. The summed E-state index contributed by atoms with van der Waals surface area (Å²) in [6.07, 6.45) is 6.65. The smallest absolute Gasteiger partial charge is 0.256 e. The van der Waals surface area contributed by atoms with Gasteiger partial charge in [-0.25, -0.2) is 0 Å². The summed E-state index contributed by atoms with van der Waals surface area (Å²) >= 11 is 0. The number of amides is 1. The van der Waals surface area contributed by atoms with E-state index >= 15 is 0 Å². The normalized spacial score (nSPS) is 11.2. The van der Waals surface area contributed by atoms with Gasteiger partial charge in [0.15, 0.2) is 0 Å². The maximum Gasteiger partial charge on any atom is 0.256 e. The van der Waals surface area contributed by atoms with Gasteiger partial charge in [0.2, 0.25) is 0 Å². The van der Waals surface area contributed by atoms with Crippen molar-refractivity contribution in [1.82, 2.24) is 4.90 Å². The summed E-state index contributed by atoms with van der Waals surface area (Å²) < 4.78 is 0. The molecule has 0 spiro atoms. The first-order valence-electron chi connectivity index (χ1n) is 3.44. The van der Waals surface area contributed by atoms with E-state index in [4.69, 9.17) is 5.11 Å². The van der Waals surface area contributed by atoms with E-state index in [0.29, 0.717) is 0 Å². The van der Waals surface area contributed by atoms with Crippen molar-refractivity contribution in [3.05, 3.63) is 24.6 Å². The zero-order valence-electron chi connectivity index (χ0n) is 6.82. The van der Waals surface area contributed by atoms with Gasteiger partial charge in [0, 0.05) is 12.4 Å². The summed E-state index contributed by atoms with van der Waals surface area (Å²) in [6, 6.07) is 0. The second-order valence-electron chi connectivity index (χ2n) is 1.92. The van der Waals surface area contributed by atoms with Crippen LogP contribution in [-0.4, -0.2) is 22.5 Å². The average Bonchev–Trinajstić information content (AvgIpc) is 2.03. The van der Waals surface area contributed by atoms with E-state index in [1.165, 1.54) is 4.90 Å². The Balaban J connectivity index is 4.20. The zero-order chi connectivity index (χ0) is 8.69. The van der Waals surface area contributed by atoms with Gasteiger partial charge in [-0.15, -0.1) is 0 Å². The minimum absolute atomic E-state index is 0.332. The largest absolute Gasteiger partial charge is 0.387 e. The predicted molar refractivity (Wildman–Crippen MR) is 43.6 cm³/mol. The van der Waals surface area contributed by atoms with Gasteiger partial charge >= 0.3 is 0 Å². The molecule has 0 saturated heterocycles. The number of rotatable bonds is 3. The molecule has 0 atom stereocenters.